The van der Waals surface area contributed by atoms with E-state index >= 15 is 0 Å². The lowest BCUT2D eigenvalue weighted by molar-refractivity contribution is -0.139. The van der Waals surface area contributed by atoms with Gasteiger partial charge in [0, 0.05) is 5.56 Å². The van der Waals surface area contributed by atoms with Crippen LogP contribution in [0.1, 0.15) is 38.1 Å². The maximum Gasteiger partial charge on any atom is 0.348 e. The van der Waals surface area contributed by atoms with E-state index in [2.05, 4.69) is 30.7 Å². The number of rotatable bonds is 6. The standard InChI is InChI=1S/C19H17N5O5S2/c1-8-11(6-20)17(22-9(2)21-8)30-7-12-23-16(26)14-10(5-13(25)28-3)15(19(27)29-4)31-18(14)24-12/h5,7H2,1-4H3,(H,23,24,26). The molecule has 3 rings (SSSR count). The molecule has 10 nitrogen and oxygen atoms in total. The first-order chi connectivity index (χ1) is 14.8. The lowest BCUT2D eigenvalue weighted by Crippen LogP contribution is -2.15. The largest absolute Gasteiger partial charge is 0.469 e. The van der Waals surface area contributed by atoms with E-state index in [0.717, 1.165) is 11.3 Å². The third-order valence-electron chi connectivity index (χ3n) is 4.26. The van der Waals surface area contributed by atoms with E-state index in [0.29, 0.717) is 32.8 Å². The summed E-state index contributed by atoms with van der Waals surface area (Å²) in [6.07, 6.45) is -0.259. The van der Waals surface area contributed by atoms with E-state index in [1.165, 1.54) is 26.0 Å². The number of nitrogens with zero attached hydrogens (tertiary/aromatic N) is 4. The average Bonchev–Trinajstić information content (AvgIpc) is 3.09. The van der Waals surface area contributed by atoms with Crippen LogP contribution >= 0.6 is 23.1 Å². The van der Waals surface area contributed by atoms with Gasteiger partial charge in [0.05, 0.1) is 37.5 Å². The number of thioether (sulfide) groups is 1. The highest BCUT2D eigenvalue weighted by molar-refractivity contribution is 7.98. The lowest BCUT2D eigenvalue weighted by Gasteiger charge is -2.06. The van der Waals surface area contributed by atoms with Crippen molar-refractivity contribution in [2.24, 2.45) is 0 Å². The molecule has 0 atom stereocenters. The fourth-order valence-electron chi connectivity index (χ4n) is 2.87. The van der Waals surface area contributed by atoms with Gasteiger partial charge >= 0.3 is 11.9 Å². The van der Waals surface area contributed by atoms with Gasteiger partial charge in [0.2, 0.25) is 0 Å². The van der Waals surface area contributed by atoms with Crippen LogP contribution in [0.15, 0.2) is 9.82 Å². The van der Waals surface area contributed by atoms with Gasteiger partial charge in [-0.25, -0.2) is 19.7 Å². The number of hydrogen-bond acceptors (Lipinski definition) is 11. The summed E-state index contributed by atoms with van der Waals surface area (Å²) in [5.74, 6) is -0.162. The van der Waals surface area contributed by atoms with E-state index in [1.54, 1.807) is 13.8 Å². The summed E-state index contributed by atoms with van der Waals surface area (Å²) in [5, 5.41) is 10.0. The first-order valence-corrected chi connectivity index (χ1v) is 10.7. The van der Waals surface area contributed by atoms with Gasteiger partial charge in [-0.2, -0.15) is 5.26 Å². The second-order valence-electron chi connectivity index (χ2n) is 6.28. The molecule has 0 fully saturated rings. The van der Waals surface area contributed by atoms with Gasteiger partial charge in [0.15, 0.2) is 0 Å². The lowest BCUT2D eigenvalue weighted by atomic mass is 10.1. The van der Waals surface area contributed by atoms with Crippen molar-refractivity contribution >= 4 is 45.3 Å². The number of carbonyl (C=O) groups excluding carboxylic acids is 2. The quantitative estimate of drug-likeness (QED) is 0.330. The van der Waals surface area contributed by atoms with E-state index in [9.17, 15) is 19.6 Å². The molecule has 12 heteroatoms. The zero-order valence-electron chi connectivity index (χ0n) is 17.1. The minimum Gasteiger partial charge on any atom is -0.469 e. The average molecular weight is 460 g/mol. The second kappa shape index (κ2) is 9.23. The third-order valence-corrected chi connectivity index (χ3v) is 6.35. The van der Waals surface area contributed by atoms with Crippen LogP contribution in [0.3, 0.4) is 0 Å². The molecule has 0 aromatic carbocycles. The summed E-state index contributed by atoms with van der Waals surface area (Å²) in [6.45, 7) is 3.46. The topological polar surface area (TPSA) is 148 Å². The molecule has 0 amide bonds. The molecule has 3 aromatic rings. The van der Waals surface area contributed by atoms with Crippen LogP contribution in [0.5, 0.6) is 0 Å². The number of fused-ring (bicyclic) bond motifs is 1. The molecule has 3 heterocycles. The Labute approximate surface area is 184 Å². The van der Waals surface area contributed by atoms with Gasteiger partial charge in [-0.05, 0) is 13.8 Å². The third kappa shape index (κ3) is 4.57. The number of thiophene rings is 1. The molecule has 0 aliphatic carbocycles. The van der Waals surface area contributed by atoms with Crippen molar-refractivity contribution in [3.8, 4) is 6.07 Å². The number of nitriles is 1. The predicted octanol–water partition coefficient (Wildman–Crippen LogP) is 2.06. The van der Waals surface area contributed by atoms with E-state index < -0.39 is 17.5 Å². The van der Waals surface area contributed by atoms with Crippen molar-refractivity contribution in [3.63, 3.8) is 0 Å². The molecule has 160 valence electrons. The van der Waals surface area contributed by atoms with Crippen LogP contribution < -0.4 is 5.56 Å². The minimum atomic E-state index is -0.664. The second-order valence-corrected chi connectivity index (χ2v) is 8.25. The first kappa shape index (κ1) is 22.4. The number of nitrogens with one attached hydrogen (secondary N) is 1. The van der Waals surface area contributed by atoms with Crippen LogP contribution in [0, 0.1) is 25.2 Å². The predicted molar refractivity (Wildman–Crippen MR) is 113 cm³/mol. The molecule has 0 aliphatic rings. The van der Waals surface area contributed by atoms with Gasteiger partial charge in [-0.1, -0.05) is 11.8 Å². The molecule has 31 heavy (non-hydrogen) atoms. The number of carbonyl (C=O) groups is 2. The zero-order chi connectivity index (χ0) is 22.7. The van der Waals surface area contributed by atoms with Crippen LogP contribution in [0.25, 0.3) is 10.2 Å². The van der Waals surface area contributed by atoms with E-state index in [-0.39, 0.29) is 28.0 Å². The number of aryl methyl sites for hydroxylation is 2. The molecular weight excluding hydrogens is 442 g/mol. The summed E-state index contributed by atoms with van der Waals surface area (Å²) in [4.78, 5) is 52.8. The van der Waals surface area contributed by atoms with Crippen LogP contribution in [0.4, 0.5) is 0 Å². The highest BCUT2D eigenvalue weighted by Crippen LogP contribution is 2.30. The summed E-state index contributed by atoms with van der Waals surface area (Å²) >= 11 is 2.21. The van der Waals surface area contributed by atoms with Crippen LogP contribution in [-0.4, -0.2) is 46.1 Å². The van der Waals surface area contributed by atoms with Crippen molar-refractivity contribution in [1.82, 2.24) is 19.9 Å². The summed E-state index contributed by atoms with van der Waals surface area (Å²) < 4.78 is 9.45. The molecule has 0 bridgehead atoms. The number of aromatic nitrogens is 4. The Balaban J connectivity index is 2.02. The maximum atomic E-state index is 12.8. The number of H-pyrrole nitrogens is 1. The first-order valence-electron chi connectivity index (χ1n) is 8.86. The maximum absolute atomic E-state index is 12.8. The SMILES string of the molecule is COC(=O)Cc1c(C(=O)OC)sc2nc(CSc3nc(C)nc(C)c3C#N)[nH]c(=O)c12. The number of ether oxygens (including phenoxy) is 2. The summed E-state index contributed by atoms with van der Waals surface area (Å²) in [6, 6.07) is 2.09. The van der Waals surface area contributed by atoms with Crippen LogP contribution in [-0.2, 0) is 26.4 Å². The van der Waals surface area contributed by atoms with E-state index in [4.69, 9.17) is 4.74 Å². The van der Waals surface area contributed by atoms with Gasteiger partial charge in [0.25, 0.3) is 5.56 Å². The molecule has 0 unspecified atom stereocenters. The molecule has 0 aliphatic heterocycles. The highest BCUT2D eigenvalue weighted by Gasteiger charge is 2.25. The summed E-state index contributed by atoms with van der Waals surface area (Å²) in [7, 11) is 2.44. The molecule has 0 saturated heterocycles. The molecule has 0 saturated carbocycles. The number of aromatic amines is 1. The number of hydrogen-bond donors (Lipinski definition) is 1. The van der Waals surface area contributed by atoms with Crippen LogP contribution in [0.2, 0.25) is 0 Å². The number of esters is 2. The molecule has 1 N–H and O–H groups in total. The minimum absolute atomic E-state index is 0.125. The van der Waals surface area contributed by atoms with Crippen molar-refractivity contribution in [1.29, 1.82) is 5.26 Å². The van der Waals surface area contributed by atoms with Gasteiger partial charge in [-0.15, -0.1) is 11.3 Å². The van der Waals surface area contributed by atoms with Crippen molar-refractivity contribution < 1.29 is 19.1 Å². The normalized spacial score (nSPS) is 10.7. The Hall–Kier alpha value is -3.30. The fraction of sp³-hybridized carbons (Fsp3) is 0.316. The highest BCUT2D eigenvalue weighted by atomic mass is 32.2. The Morgan fingerprint density at radius 1 is 1.19 bits per heavy atom. The number of methoxy groups -OCH3 is 2. The van der Waals surface area contributed by atoms with Gasteiger partial charge in [0.1, 0.15) is 38.0 Å². The van der Waals surface area contributed by atoms with Crippen molar-refractivity contribution in [3.05, 3.63) is 43.7 Å². The van der Waals surface area contributed by atoms with E-state index in [1.807, 2.05) is 0 Å². The smallest absolute Gasteiger partial charge is 0.348 e. The fourth-order valence-corrected chi connectivity index (χ4v) is 4.95. The Kier molecular flexibility index (Phi) is 6.67. The molecule has 0 spiro atoms. The van der Waals surface area contributed by atoms with Gasteiger partial charge in [-0.3, -0.25) is 9.59 Å². The molecule has 0 radical (unpaired) electrons. The molecule has 3 aromatic heterocycles. The zero-order valence-corrected chi connectivity index (χ0v) is 18.7. The monoisotopic (exact) mass is 459 g/mol. The summed E-state index contributed by atoms with van der Waals surface area (Å²) in [5.41, 5.74) is 0.674. The molecular formula is C19H17N5O5S2. The van der Waals surface area contributed by atoms with Crippen molar-refractivity contribution in [2.75, 3.05) is 14.2 Å². The van der Waals surface area contributed by atoms with Crippen molar-refractivity contribution in [2.45, 2.75) is 31.0 Å². The Morgan fingerprint density at radius 3 is 2.58 bits per heavy atom. The Morgan fingerprint density at radius 2 is 1.94 bits per heavy atom. The van der Waals surface area contributed by atoms with Gasteiger partial charge < -0.3 is 14.5 Å². The Bertz CT molecular complexity index is 1290.